The number of hydrogen-bond donors (Lipinski definition) is 0. The first-order valence-corrected chi connectivity index (χ1v) is 52.1. The fourth-order valence-corrected chi connectivity index (χ4v) is 26.6. The van der Waals surface area contributed by atoms with Gasteiger partial charge in [0, 0.05) is 27.0 Å². The Kier molecular flexibility index (Phi) is 19.6. The zero-order valence-corrected chi connectivity index (χ0v) is 83.3. The van der Waals surface area contributed by atoms with E-state index in [9.17, 15) is 0 Å². The molecule has 3 aliphatic carbocycles. The lowest BCUT2D eigenvalue weighted by atomic mass is 9.80. The van der Waals surface area contributed by atoms with Crippen LogP contribution in [0.15, 0.2) is 502 Å². The quantitative estimate of drug-likeness (QED) is 0.109. The van der Waals surface area contributed by atoms with Gasteiger partial charge in [-0.25, -0.2) is 0 Å². The Balaban J connectivity index is 0.000000105. The number of rotatable bonds is 8. The predicted octanol–water partition coefficient (Wildman–Crippen LogP) is 41.1. The Morgan fingerprint density at radius 1 is 0.122 bits per heavy atom. The van der Waals surface area contributed by atoms with E-state index in [2.05, 4.69) is 527 Å². The van der Waals surface area contributed by atoms with Gasteiger partial charge in [-0.15, -0.1) is 0 Å². The van der Waals surface area contributed by atoms with Crippen LogP contribution in [0.3, 0.4) is 0 Å². The molecular weight excluding hydrogens is 1780 g/mol. The van der Waals surface area contributed by atoms with Crippen LogP contribution in [-0.4, -0.2) is 0 Å². The van der Waals surface area contributed by atoms with Crippen molar-refractivity contribution in [2.75, 3.05) is 0 Å². The number of para-hydroxylation sites is 1. The van der Waals surface area contributed by atoms with E-state index in [1.165, 1.54) is 285 Å². The van der Waals surface area contributed by atoms with Gasteiger partial charge in [-0.2, -0.15) is 0 Å². The lowest BCUT2D eigenvalue weighted by molar-refractivity contribution is 0.661. The van der Waals surface area contributed by atoms with E-state index in [-0.39, 0.29) is 16.2 Å². The van der Waals surface area contributed by atoms with E-state index in [4.69, 9.17) is 4.42 Å². The first kappa shape index (κ1) is 86.5. The molecule has 1 aromatic heterocycles. The first-order chi connectivity index (χ1) is 72.7. The average Bonchev–Trinajstić information content (AvgIpc) is 1.68. The molecule has 27 aromatic carbocycles. The summed E-state index contributed by atoms with van der Waals surface area (Å²) in [5, 5.41) is 33.1. The molecule has 0 spiro atoms. The Morgan fingerprint density at radius 3 is 0.818 bits per heavy atom. The van der Waals surface area contributed by atoms with E-state index in [1.807, 2.05) is 12.1 Å². The molecule has 0 N–H and O–H groups in total. The second kappa shape index (κ2) is 33.5. The molecule has 3 aliphatic rings. The van der Waals surface area contributed by atoms with Gasteiger partial charge in [0.2, 0.25) is 0 Å². The van der Waals surface area contributed by atoms with Crippen LogP contribution in [0.5, 0.6) is 0 Å². The SMILES string of the molecule is CC1(C)c2cc3ccccc3cc2-c2c(-c3c4ccccc4c(-c4ccc(-c5ccc6oc7ccccc7c6c5)cc4)c4ccccc34)cccc21.CC1(C)c2cc3ccccc3cc2-c2c(-c3c4ccccc4c(-c4cccc5c4ccc4ccccc45)c4ccccc34)cccc21.CC1(C)c2cc3ccccc3cc2-c2c(-c3c4ccccc4c(-c4ccccc4-c4cccc5ccccc45)c4ccccc34)cccc21. The van der Waals surface area contributed by atoms with Crippen LogP contribution in [0, 0.1) is 0 Å². The third-order valence-corrected chi connectivity index (χ3v) is 33.5. The van der Waals surface area contributed by atoms with Crippen LogP contribution < -0.4 is 0 Å². The van der Waals surface area contributed by atoms with Crippen molar-refractivity contribution in [3.05, 3.63) is 531 Å². The maximum Gasteiger partial charge on any atom is 0.135 e. The zero-order chi connectivity index (χ0) is 98.5. The minimum atomic E-state index is -0.104. The maximum atomic E-state index is 6.11. The average molecular weight is 1880 g/mol. The molecule has 694 valence electrons. The minimum Gasteiger partial charge on any atom is -0.456 e. The van der Waals surface area contributed by atoms with Crippen molar-refractivity contribution < 1.29 is 4.42 Å². The number of benzene rings is 27. The van der Waals surface area contributed by atoms with Crippen molar-refractivity contribution in [2.45, 2.75) is 57.8 Å². The van der Waals surface area contributed by atoms with E-state index in [0.29, 0.717) is 0 Å². The fourth-order valence-electron chi connectivity index (χ4n) is 26.6. The summed E-state index contributed by atoms with van der Waals surface area (Å²) >= 11 is 0. The highest BCUT2D eigenvalue weighted by atomic mass is 16.3. The molecule has 0 atom stereocenters. The minimum absolute atomic E-state index is 0.0953. The highest BCUT2D eigenvalue weighted by Gasteiger charge is 2.42. The lowest BCUT2D eigenvalue weighted by Gasteiger charge is -2.23. The molecule has 0 fully saturated rings. The summed E-state index contributed by atoms with van der Waals surface area (Å²) in [7, 11) is 0. The summed E-state index contributed by atoms with van der Waals surface area (Å²) < 4.78 is 6.11. The van der Waals surface area contributed by atoms with Gasteiger partial charge in [0.25, 0.3) is 0 Å². The third-order valence-electron chi connectivity index (χ3n) is 33.5. The number of furan rings is 1. The Bertz CT molecular complexity index is 10400. The van der Waals surface area contributed by atoms with Gasteiger partial charge < -0.3 is 4.42 Å². The molecule has 1 nitrogen and oxygen atoms in total. The highest BCUT2D eigenvalue weighted by Crippen LogP contribution is 2.61. The fraction of sp³-hybridized carbons (Fsp3) is 0.0612. The summed E-state index contributed by atoms with van der Waals surface area (Å²) in [5.74, 6) is 0. The van der Waals surface area contributed by atoms with Gasteiger partial charge in [-0.1, -0.05) is 484 Å². The highest BCUT2D eigenvalue weighted by molar-refractivity contribution is 6.29. The van der Waals surface area contributed by atoms with Crippen molar-refractivity contribution >= 4 is 151 Å². The van der Waals surface area contributed by atoms with Crippen molar-refractivity contribution in [3.63, 3.8) is 0 Å². The van der Waals surface area contributed by atoms with E-state index in [1.54, 1.807) is 0 Å². The second-order valence-electron chi connectivity index (χ2n) is 42.5. The predicted molar refractivity (Wildman–Crippen MR) is 633 cm³/mol. The van der Waals surface area contributed by atoms with Crippen LogP contribution in [0.1, 0.15) is 74.9 Å². The van der Waals surface area contributed by atoms with E-state index < -0.39 is 0 Å². The molecular formula is C147H100O. The molecule has 148 heavy (non-hydrogen) atoms. The van der Waals surface area contributed by atoms with Crippen LogP contribution in [0.4, 0.5) is 0 Å². The van der Waals surface area contributed by atoms with E-state index >= 15 is 0 Å². The van der Waals surface area contributed by atoms with Crippen molar-refractivity contribution in [1.82, 2.24) is 0 Å². The molecule has 28 aromatic rings. The summed E-state index contributed by atoms with van der Waals surface area (Å²) in [6.45, 7) is 14.3. The van der Waals surface area contributed by atoms with Gasteiger partial charge in [-0.3, -0.25) is 0 Å². The summed E-state index contributed by atoms with van der Waals surface area (Å²) in [6, 6.07) is 185. The Hall–Kier alpha value is -18.1. The molecule has 0 bridgehead atoms. The Labute approximate surface area is 860 Å². The van der Waals surface area contributed by atoms with Crippen LogP contribution >= 0.6 is 0 Å². The van der Waals surface area contributed by atoms with Crippen molar-refractivity contribution in [2.24, 2.45) is 0 Å². The van der Waals surface area contributed by atoms with Crippen LogP contribution in [0.2, 0.25) is 0 Å². The zero-order valence-electron chi connectivity index (χ0n) is 83.3. The van der Waals surface area contributed by atoms with Gasteiger partial charge in [0.1, 0.15) is 11.2 Å². The van der Waals surface area contributed by atoms with Crippen molar-refractivity contribution in [1.29, 1.82) is 0 Å². The molecule has 0 unspecified atom stereocenters. The standard InChI is InChI=1S/C51H34O.C49H34.C47H32/c1-51(2)44-20-11-19-41(50(44)43-29-33-12-3-4-13-34(33)30-45(43)51)49-39-17-7-5-15-37(39)48(38-16-6-8-18-40(38)49)32-24-22-31(23-25-32)35-26-27-47-42(28-35)36-14-9-10-21-46(36)52-47;1-49(2)44-28-14-27-42(48(44)43-29-32-16-3-4-17-33(32)30-45(43)49)47-40-24-11-9-22-38(40)46(39-23-10-12-25-41(39)47)37-21-8-7-20-36(37)35-26-13-18-31-15-5-6-19-34(31)35;1-47(2)42-24-12-23-40(46(42)41-27-30-14-3-4-15-31(30)28-43(41)47)45-38-19-9-7-17-36(38)44(37-18-8-10-20-39(37)45)35-22-11-21-33-32-16-6-5-13-29(32)25-26-34(33)35/h3-30H,1-2H3;3-30H,1-2H3;3-28H,1-2H3. The van der Waals surface area contributed by atoms with Gasteiger partial charge in [0.05, 0.1) is 0 Å². The normalized spacial score (nSPS) is 13.4. The molecule has 0 aliphatic heterocycles. The largest absolute Gasteiger partial charge is 0.456 e. The van der Waals surface area contributed by atoms with Gasteiger partial charge >= 0.3 is 0 Å². The topological polar surface area (TPSA) is 13.1 Å². The maximum absolute atomic E-state index is 6.11. The van der Waals surface area contributed by atoms with Crippen LogP contribution in [0.25, 0.3) is 274 Å². The first-order valence-electron chi connectivity index (χ1n) is 52.1. The molecule has 1 heterocycles. The van der Waals surface area contributed by atoms with Gasteiger partial charge in [-0.05, 0) is 340 Å². The van der Waals surface area contributed by atoms with Crippen molar-refractivity contribution in [3.8, 4) is 122 Å². The smallest absolute Gasteiger partial charge is 0.135 e. The van der Waals surface area contributed by atoms with Gasteiger partial charge in [0.15, 0.2) is 0 Å². The van der Waals surface area contributed by atoms with E-state index in [0.717, 1.165) is 21.9 Å². The second-order valence-corrected chi connectivity index (χ2v) is 42.5. The monoisotopic (exact) mass is 1880 g/mol. The molecule has 0 saturated heterocycles. The molecule has 0 radical (unpaired) electrons. The van der Waals surface area contributed by atoms with Crippen LogP contribution in [-0.2, 0) is 16.2 Å². The summed E-state index contributed by atoms with van der Waals surface area (Å²) in [4.78, 5) is 0. The summed E-state index contributed by atoms with van der Waals surface area (Å²) in [5.41, 5.74) is 38.5. The molecule has 1 heteroatoms. The molecule has 0 saturated carbocycles. The third kappa shape index (κ3) is 13.2. The number of fused-ring (bicyclic) bond motifs is 25. The molecule has 31 rings (SSSR count). The summed E-state index contributed by atoms with van der Waals surface area (Å²) in [6.07, 6.45) is 0. The molecule has 0 amide bonds. The Morgan fingerprint density at radius 2 is 0.392 bits per heavy atom. The lowest BCUT2D eigenvalue weighted by Crippen LogP contribution is -2.14. The number of hydrogen-bond acceptors (Lipinski definition) is 1.